The highest BCUT2D eigenvalue weighted by molar-refractivity contribution is 5.28. The lowest BCUT2D eigenvalue weighted by molar-refractivity contribution is -0.00925. The Morgan fingerprint density at radius 3 is 2.22 bits per heavy atom. The predicted octanol–water partition coefficient (Wildman–Crippen LogP) is 3.21. The van der Waals surface area contributed by atoms with Crippen LogP contribution in [0.25, 0.3) is 0 Å². The molecule has 18 heavy (non-hydrogen) atoms. The summed E-state index contributed by atoms with van der Waals surface area (Å²) in [7, 11) is 1.66. The molecule has 0 amide bonds. The van der Waals surface area contributed by atoms with Gasteiger partial charge in [0.2, 0.25) is 0 Å². The Kier molecular flexibility index (Phi) is 5.79. The lowest BCUT2D eigenvalue weighted by atomic mass is 9.86. The molecule has 1 aromatic rings. The standard InChI is InChI=1S/C15H25NO2/c1-12(16-18-11-10-17-5)13-6-8-14(9-7-13)15(2,3)4/h6-9,12,16H,10-11H2,1-5H3. The molecule has 0 aliphatic rings. The van der Waals surface area contributed by atoms with Crippen LogP contribution in [0.3, 0.4) is 0 Å². The summed E-state index contributed by atoms with van der Waals surface area (Å²) in [5.74, 6) is 0. The Morgan fingerprint density at radius 2 is 1.72 bits per heavy atom. The van der Waals surface area contributed by atoms with Crippen LogP contribution in [0.15, 0.2) is 24.3 Å². The number of hydrogen-bond acceptors (Lipinski definition) is 3. The molecule has 0 heterocycles. The second-order valence-corrected chi connectivity index (χ2v) is 5.55. The zero-order valence-corrected chi connectivity index (χ0v) is 12.1. The number of hydrogen-bond donors (Lipinski definition) is 1. The van der Waals surface area contributed by atoms with Gasteiger partial charge in [-0.25, -0.2) is 0 Å². The molecule has 0 fully saturated rings. The van der Waals surface area contributed by atoms with Crippen molar-refractivity contribution in [2.24, 2.45) is 0 Å². The minimum atomic E-state index is 0.177. The first kappa shape index (κ1) is 15.2. The van der Waals surface area contributed by atoms with Crippen molar-refractivity contribution in [1.29, 1.82) is 0 Å². The summed E-state index contributed by atoms with van der Waals surface area (Å²) in [6.45, 7) is 9.90. The highest BCUT2D eigenvalue weighted by Gasteiger charge is 2.13. The van der Waals surface area contributed by atoms with E-state index in [1.165, 1.54) is 11.1 Å². The summed E-state index contributed by atoms with van der Waals surface area (Å²) in [4.78, 5) is 5.31. The van der Waals surface area contributed by atoms with Gasteiger partial charge in [-0.1, -0.05) is 45.0 Å². The van der Waals surface area contributed by atoms with Crippen molar-refractivity contribution >= 4 is 0 Å². The van der Waals surface area contributed by atoms with Gasteiger partial charge >= 0.3 is 0 Å². The van der Waals surface area contributed by atoms with Crippen molar-refractivity contribution in [2.75, 3.05) is 20.3 Å². The molecule has 0 radical (unpaired) electrons. The molecule has 0 bridgehead atoms. The molecule has 0 aliphatic heterocycles. The summed E-state index contributed by atoms with van der Waals surface area (Å²) >= 11 is 0. The fraction of sp³-hybridized carbons (Fsp3) is 0.600. The van der Waals surface area contributed by atoms with Gasteiger partial charge in [-0.3, -0.25) is 4.84 Å². The fourth-order valence-corrected chi connectivity index (χ4v) is 1.65. The number of rotatable bonds is 6. The summed E-state index contributed by atoms with van der Waals surface area (Å²) in [5.41, 5.74) is 5.78. The molecule has 0 saturated carbocycles. The first-order valence-electron chi connectivity index (χ1n) is 6.42. The van der Waals surface area contributed by atoms with Crippen LogP contribution in [0.2, 0.25) is 0 Å². The Bertz CT molecular complexity index is 341. The molecule has 1 atom stereocenters. The Labute approximate surface area is 110 Å². The molecule has 0 aromatic heterocycles. The quantitative estimate of drug-likeness (QED) is 0.622. The molecular formula is C15H25NO2. The lowest BCUT2D eigenvalue weighted by Crippen LogP contribution is -2.21. The molecule has 1 N–H and O–H groups in total. The van der Waals surface area contributed by atoms with Crippen molar-refractivity contribution in [3.63, 3.8) is 0 Å². The molecule has 0 saturated heterocycles. The van der Waals surface area contributed by atoms with Crippen LogP contribution >= 0.6 is 0 Å². The van der Waals surface area contributed by atoms with E-state index in [0.29, 0.717) is 13.2 Å². The second-order valence-electron chi connectivity index (χ2n) is 5.55. The molecule has 3 heteroatoms. The molecule has 1 aromatic carbocycles. The molecule has 1 unspecified atom stereocenters. The number of benzene rings is 1. The summed E-state index contributed by atoms with van der Waals surface area (Å²) in [5, 5.41) is 0. The first-order valence-corrected chi connectivity index (χ1v) is 6.42. The molecule has 0 aliphatic carbocycles. The van der Waals surface area contributed by atoms with Crippen LogP contribution in [0.1, 0.15) is 44.9 Å². The van der Waals surface area contributed by atoms with E-state index in [0.717, 1.165) is 0 Å². The highest BCUT2D eigenvalue weighted by Crippen LogP contribution is 2.23. The second kappa shape index (κ2) is 6.88. The normalized spacial score (nSPS) is 13.6. The van der Waals surface area contributed by atoms with Gasteiger partial charge < -0.3 is 4.74 Å². The van der Waals surface area contributed by atoms with Crippen LogP contribution in [0.4, 0.5) is 0 Å². The summed E-state index contributed by atoms with van der Waals surface area (Å²) < 4.78 is 4.92. The average molecular weight is 251 g/mol. The largest absolute Gasteiger partial charge is 0.382 e. The minimum absolute atomic E-state index is 0.177. The van der Waals surface area contributed by atoms with Crippen LogP contribution < -0.4 is 5.48 Å². The molecule has 1 rings (SSSR count). The van der Waals surface area contributed by atoms with Gasteiger partial charge in [0.25, 0.3) is 0 Å². The van der Waals surface area contributed by atoms with Gasteiger partial charge in [0.1, 0.15) is 0 Å². The van der Waals surface area contributed by atoms with Crippen molar-refractivity contribution in [2.45, 2.75) is 39.2 Å². The molecule has 3 nitrogen and oxygen atoms in total. The molecule has 0 spiro atoms. The zero-order chi connectivity index (χ0) is 13.6. The zero-order valence-electron chi connectivity index (χ0n) is 12.1. The van der Waals surface area contributed by atoms with Gasteiger partial charge in [0.15, 0.2) is 0 Å². The number of ether oxygens (including phenoxy) is 1. The Hall–Kier alpha value is -0.900. The maximum Gasteiger partial charge on any atom is 0.0916 e. The SMILES string of the molecule is COCCONC(C)c1ccc(C(C)(C)C)cc1. The third-order valence-electron chi connectivity index (χ3n) is 2.93. The monoisotopic (exact) mass is 251 g/mol. The van der Waals surface area contributed by atoms with Crippen molar-refractivity contribution in [1.82, 2.24) is 5.48 Å². The molecule has 102 valence electrons. The topological polar surface area (TPSA) is 30.5 Å². The van der Waals surface area contributed by atoms with Gasteiger partial charge in [-0.15, -0.1) is 0 Å². The van der Waals surface area contributed by atoms with E-state index in [1.807, 2.05) is 0 Å². The van der Waals surface area contributed by atoms with Crippen molar-refractivity contribution in [3.8, 4) is 0 Å². The summed E-state index contributed by atoms with van der Waals surface area (Å²) in [6.07, 6.45) is 0. The van der Waals surface area contributed by atoms with E-state index in [2.05, 4.69) is 57.4 Å². The fourth-order valence-electron chi connectivity index (χ4n) is 1.65. The Morgan fingerprint density at radius 1 is 1.11 bits per heavy atom. The van der Waals surface area contributed by atoms with Crippen molar-refractivity contribution < 1.29 is 9.57 Å². The average Bonchev–Trinajstić information content (AvgIpc) is 2.33. The van der Waals surface area contributed by atoms with Crippen molar-refractivity contribution in [3.05, 3.63) is 35.4 Å². The van der Waals surface area contributed by atoms with E-state index in [1.54, 1.807) is 7.11 Å². The van der Waals surface area contributed by atoms with Gasteiger partial charge in [0, 0.05) is 7.11 Å². The predicted molar refractivity (Wildman–Crippen MR) is 74.5 cm³/mol. The van der Waals surface area contributed by atoms with Crippen LogP contribution in [-0.2, 0) is 15.0 Å². The first-order chi connectivity index (χ1) is 8.45. The van der Waals surface area contributed by atoms with Crippen LogP contribution in [0, 0.1) is 0 Å². The number of nitrogens with one attached hydrogen (secondary N) is 1. The third-order valence-corrected chi connectivity index (χ3v) is 2.93. The smallest absolute Gasteiger partial charge is 0.0916 e. The molecular weight excluding hydrogens is 226 g/mol. The summed E-state index contributed by atoms with van der Waals surface area (Å²) in [6, 6.07) is 8.84. The van der Waals surface area contributed by atoms with E-state index in [9.17, 15) is 0 Å². The van der Waals surface area contributed by atoms with E-state index in [-0.39, 0.29) is 11.5 Å². The Balaban J connectivity index is 2.51. The third kappa shape index (κ3) is 4.77. The number of hydroxylamine groups is 1. The maximum absolute atomic E-state index is 5.31. The van der Waals surface area contributed by atoms with Crippen LogP contribution in [0.5, 0.6) is 0 Å². The maximum atomic E-state index is 5.31. The van der Waals surface area contributed by atoms with Gasteiger partial charge in [-0.2, -0.15) is 5.48 Å². The number of methoxy groups -OCH3 is 1. The highest BCUT2D eigenvalue weighted by atomic mass is 16.7. The van der Waals surface area contributed by atoms with E-state index in [4.69, 9.17) is 9.57 Å². The van der Waals surface area contributed by atoms with Crippen LogP contribution in [-0.4, -0.2) is 20.3 Å². The lowest BCUT2D eigenvalue weighted by Gasteiger charge is -2.20. The minimum Gasteiger partial charge on any atom is -0.382 e. The van der Waals surface area contributed by atoms with Gasteiger partial charge in [0.05, 0.1) is 19.3 Å². The van der Waals surface area contributed by atoms with E-state index >= 15 is 0 Å². The van der Waals surface area contributed by atoms with Gasteiger partial charge in [-0.05, 0) is 23.5 Å². The van der Waals surface area contributed by atoms with E-state index < -0.39 is 0 Å².